The van der Waals surface area contributed by atoms with Crippen molar-refractivity contribution in [3.05, 3.63) is 29.6 Å². The second kappa shape index (κ2) is 5.09. The van der Waals surface area contributed by atoms with Crippen LogP contribution >= 0.6 is 0 Å². The zero-order valence-corrected chi connectivity index (χ0v) is 12.3. The number of piperidine rings is 1. The second-order valence-corrected chi connectivity index (χ2v) is 7.55. The highest BCUT2D eigenvalue weighted by atomic mass is 32.2. The fraction of sp³-hybridized carbons (Fsp3) is 0.571. The number of aryl methyl sites for hydroxylation is 1. The zero-order chi connectivity index (χ0) is 14.3. The molecule has 110 valence electrons. The molecule has 0 saturated carbocycles. The van der Waals surface area contributed by atoms with Crippen LogP contribution in [-0.4, -0.2) is 38.4 Å². The summed E-state index contributed by atoms with van der Waals surface area (Å²) in [7, 11) is -3.60. The quantitative estimate of drug-likeness (QED) is 0.900. The lowest BCUT2D eigenvalue weighted by Gasteiger charge is -2.35. The third kappa shape index (κ3) is 2.25. The summed E-state index contributed by atoms with van der Waals surface area (Å²) in [4.78, 5) is 0.0631. The molecule has 1 aromatic rings. The molecule has 0 aliphatic carbocycles. The summed E-state index contributed by atoms with van der Waals surface area (Å²) in [5, 5.41) is 3.26. The van der Waals surface area contributed by atoms with E-state index < -0.39 is 15.8 Å². The van der Waals surface area contributed by atoms with Gasteiger partial charge >= 0.3 is 0 Å². The van der Waals surface area contributed by atoms with Crippen molar-refractivity contribution in [2.45, 2.75) is 30.7 Å². The first-order valence-corrected chi connectivity index (χ1v) is 8.43. The molecule has 1 aromatic carbocycles. The van der Waals surface area contributed by atoms with Crippen molar-refractivity contribution in [3.63, 3.8) is 0 Å². The largest absolute Gasteiger partial charge is 0.315 e. The Bertz CT molecular complexity index is 618. The van der Waals surface area contributed by atoms with E-state index in [0.29, 0.717) is 24.6 Å². The number of fused-ring (bicyclic) bond motifs is 1. The Kier molecular flexibility index (Phi) is 3.56. The average molecular weight is 298 g/mol. The Hall–Kier alpha value is -0.980. The zero-order valence-electron chi connectivity index (χ0n) is 11.5. The van der Waals surface area contributed by atoms with Gasteiger partial charge in [-0.3, -0.25) is 0 Å². The van der Waals surface area contributed by atoms with Gasteiger partial charge in [0.1, 0.15) is 5.82 Å². The van der Waals surface area contributed by atoms with E-state index in [0.717, 1.165) is 25.5 Å². The smallest absolute Gasteiger partial charge is 0.243 e. The van der Waals surface area contributed by atoms with E-state index in [2.05, 4.69) is 5.32 Å². The molecular weight excluding hydrogens is 279 g/mol. The molecule has 20 heavy (non-hydrogen) atoms. The van der Waals surface area contributed by atoms with Crippen LogP contribution in [0.25, 0.3) is 0 Å². The Morgan fingerprint density at radius 1 is 1.35 bits per heavy atom. The number of sulfonamides is 1. The molecule has 2 heterocycles. The maximum atomic E-state index is 13.6. The molecule has 0 radical (unpaired) electrons. The van der Waals surface area contributed by atoms with Gasteiger partial charge in [-0.1, -0.05) is 6.07 Å². The maximum Gasteiger partial charge on any atom is 0.243 e. The minimum atomic E-state index is -3.60. The predicted molar refractivity (Wildman–Crippen MR) is 74.4 cm³/mol. The van der Waals surface area contributed by atoms with E-state index in [1.54, 1.807) is 11.2 Å². The van der Waals surface area contributed by atoms with Crippen LogP contribution in [0.3, 0.4) is 0 Å². The van der Waals surface area contributed by atoms with Gasteiger partial charge in [0.05, 0.1) is 4.90 Å². The second-order valence-electron chi connectivity index (χ2n) is 5.65. The summed E-state index contributed by atoms with van der Waals surface area (Å²) in [6.45, 7) is 3.72. The predicted octanol–water partition coefficient (Wildman–Crippen LogP) is 1.51. The number of benzene rings is 1. The van der Waals surface area contributed by atoms with E-state index in [9.17, 15) is 12.8 Å². The van der Waals surface area contributed by atoms with Gasteiger partial charge in [0.25, 0.3) is 0 Å². The summed E-state index contributed by atoms with van der Waals surface area (Å²) in [6.07, 6.45) is 1.93. The lowest BCUT2D eigenvalue weighted by molar-refractivity contribution is 0.217. The maximum absolute atomic E-state index is 13.6. The topological polar surface area (TPSA) is 49.4 Å². The first-order chi connectivity index (χ1) is 9.50. The Morgan fingerprint density at radius 3 is 2.90 bits per heavy atom. The normalized spacial score (nSPS) is 27.5. The molecule has 0 bridgehead atoms. The third-order valence-corrected chi connectivity index (χ3v) is 6.30. The highest BCUT2D eigenvalue weighted by molar-refractivity contribution is 7.89. The van der Waals surface area contributed by atoms with Crippen molar-refractivity contribution in [2.75, 3.05) is 19.6 Å². The van der Waals surface area contributed by atoms with Crippen LogP contribution in [-0.2, 0) is 10.0 Å². The number of hydrogen-bond donors (Lipinski definition) is 1. The summed E-state index contributed by atoms with van der Waals surface area (Å²) >= 11 is 0. The van der Waals surface area contributed by atoms with Gasteiger partial charge in [-0.25, -0.2) is 12.8 Å². The Morgan fingerprint density at radius 2 is 2.15 bits per heavy atom. The van der Waals surface area contributed by atoms with E-state index in [1.165, 1.54) is 12.1 Å². The average Bonchev–Trinajstić information content (AvgIpc) is 2.89. The monoisotopic (exact) mass is 298 g/mol. The minimum absolute atomic E-state index is 0.0121. The number of rotatable bonds is 2. The van der Waals surface area contributed by atoms with Crippen LogP contribution < -0.4 is 5.32 Å². The van der Waals surface area contributed by atoms with Crippen LogP contribution in [0.15, 0.2) is 23.1 Å². The number of nitrogens with zero attached hydrogens (tertiary/aromatic N) is 1. The summed E-state index contributed by atoms with van der Waals surface area (Å²) < 4.78 is 40.7. The molecule has 0 aromatic heterocycles. The van der Waals surface area contributed by atoms with Gasteiger partial charge in [-0.2, -0.15) is 4.31 Å². The van der Waals surface area contributed by atoms with Gasteiger partial charge in [-0.05, 0) is 49.9 Å². The van der Waals surface area contributed by atoms with Gasteiger partial charge in [0, 0.05) is 19.1 Å². The fourth-order valence-corrected chi connectivity index (χ4v) is 4.93. The standard InChI is InChI=1S/C14H19FN2O2S/c1-10-4-5-12(7-13(10)15)20(18,19)17-6-2-3-11-8-16-9-14(11)17/h4-5,7,11,14,16H,2-3,6,8-9H2,1H3. The van der Waals surface area contributed by atoms with E-state index >= 15 is 0 Å². The molecule has 2 saturated heterocycles. The fourth-order valence-electron chi connectivity index (χ4n) is 3.19. The van der Waals surface area contributed by atoms with Crippen LogP contribution in [0, 0.1) is 18.7 Å². The van der Waals surface area contributed by atoms with Crippen molar-refractivity contribution >= 4 is 10.0 Å². The van der Waals surface area contributed by atoms with Crippen LogP contribution in [0.4, 0.5) is 4.39 Å². The van der Waals surface area contributed by atoms with Gasteiger partial charge in [0.2, 0.25) is 10.0 Å². The molecule has 2 aliphatic rings. The van der Waals surface area contributed by atoms with Crippen molar-refractivity contribution in [1.29, 1.82) is 0 Å². The van der Waals surface area contributed by atoms with Crippen molar-refractivity contribution in [2.24, 2.45) is 5.92 Å². The molecule has 2 aliphatic heterocycles. The third-order valence-electron chi connectivity index (χ3n) is 4.38. The van der Waals surface area contributed by atoms with E-state index in [-0.39, 0.29) is 10.9 Å². The van der Waals surface area contributed by atoms with E-state index in [1.807, 2.05) is 0 Å². The lowest BCUT2D eigenvalue weighted by Crippen LogP contribution is -2.48. The summed E-state index contributed by atoms with van der Waals surface area (Å²) in [5.74, 6) is -0.0852. The molecular formula is C14H19FN2O2S. The minimum Gasteiger partial charge on any atom is -0.315 e. The summed E-state index contributed by atoms with van der Waals surface area (Å²) in [5.41, 5.74) is 0.461. The molecule has 4 nitrogen and oxygen atoms in total. The van der Waals surface area contributed by atoms with Gasteiger partial charge in [-0.15, -0.1) is 0 Å². The number of halogens is 1. The molecule has 2 atom stereocenters. The van der Waals surface area contributed by atoms with Crippen LogP contribution in [0.5, 0.6) is 0 Å². The highest BCUT2D eigenvalue weighted by Gasteiger charge is 2.41. The van der Waals surface area contributed by atoms with Crippen molar-refractivity contribution in [3.8, 4) is 0 Å². The SMILES string of the molecule is Cc1ccc(S(=O)(=O)N2CCCC3CNCC32)cc1F. The lowest BCUT2D eigenvalue weighted by atomic mass is 9.94. The molecule has 3 rings (SSSR count). The Balaban J connectivity index is 1.96. The van der Waals surface area contributed by atoms with Crippen LogP contribution in [0.2, 0.25) is 0 Å². The van der Waals surface area contributed by atoms with Crippen LogP contribution in [0.1, 0.15) is 18.4 Å². The first-order valence-electron chi connectivity index (χ1n) is 6.99. The van der Waals surface area contributed by atoms with Crippen molar-refractivity contribution < 1.29 is 12.8 Å². The number of nitrogens with one attached hydrogen (secondary N) is 1. The Labute approximate surface area is 119 Å². The van der Waals surface area contributed by atoms with Crippen molar-refractivity contribution in [1.82, 2.24) is 9.62 Å². The highest BCUT2D eigenvalue weighted by Crippen LogP contribution is 2.31. The molecule has 0 spiro atoms. The molecule has 0 amide bonds. The van der Waals surface area contributed by atoms with E-state index in [4.69, 9.17) is 0 Å². The van der Waals surface area contributed by atoms with Gasteiger partial charge < -0.3 is 5.32 Å². The molecule has 2 unspecified atom stereocenters. The first kappa shape index (κ1) is 14.0. The molecule has 2 fully saturated rings. The molecule has 1 N–H and O–H groups in total. The summed E-state index contributed by atoms with van der Waals surface area (Å²) in [6, 6.07) is 4.17. The van der Waals surface area contributed by atoms with Gasteiger partial charge in [0.15, 0.2) is 0 Å². The molecule has 6 heteroatoms. The number of hydrogen-bond acceptors (Lipinski definition) is 3.